The van der Waals surface area contributed by atoms with Crippen LogP contribution in [0.4, 0.5) is 11.5 Å². The number of nitrogens with zero attached hydrogens (tertiary/aromatic N) is 4. The third-order valence-electron chi connectivity index (χ3n) is 4.47. The number of pyridine rings is 1. The summed E-state index contributed by atoms with van der Waals surface area (Å²) in [6, 6.07) is 12.4. The number of nitro groups is 1. The van der Waals surface area contributed by atoms with Gasteiger partial charge in [-0.25, -0.2) is 4.98 Å². The fraction of sp³-hybridized carbons (Fsp3) is 0.222. The Morgan fingerprint density at radius 1 is 1.12 bits per heavy atom. The van der Waals surface area contributed by atoms with Crippen LogP contribution in [0.5, 0.6) is 0 Å². The third-order valence-corrected chi connectivity index (χ3v) is 4.47. The Bertz CT molecular complexity index is 926. The Balaban J connectivity index is 1.42. The summed E-state index contributed by atoms with van der Waals surface area (Å²) in [5.74, 6) is 0.886. The molecule has 1 aliphatic heterocycles. The highest BCUT2D eigenvalue weighted by molar-refractivity contribution is 5.96. The predicted octanol–water partition coefficient (Wildman–Crippen LogP) is 2.70. The van der Waals surface area contributed by atoms with E-state index in [4.69, 9.17) is 4.42 Å². The molecule has 0 radical (unpaired) electrons. The topological polar surface area (TPSA) is 92.7 Å². The molecular weight excluding hydrogens is 336 g/mol. The molecule has 8 nitrogen and oxygen atoms in total. The van der Waals surface area contributed by atoms with E-state index in [0.29, 0.717) is 43.3 Å². The molecule has 0 aliphatic carbocycles. The van der Waals surface area contributed by atoms with E-state index in [0.717, 1.165) is 5.39 Å². The quantitative estimate of drug-likeness (QED) is 0.531. The van der Waals surface area contributed by atoms with Crippen molar-refractivity contribution in [1.29, 1.82) is 0 Å². The molecule has 0 unspecified atom stereocenters. The zero-order valence-electron chi connectivity index (χ0n) is 13.9. The lowest BCUT2D eigenvalue weighted by Crippen LogP contribution is -2.49. The van der Waals surface area contributed by atoms with Gasteiger partial charge in [-0.05, 0) is 18.2 Å². The van der Waals surface area contributed by atoms with Crippen LogP contribution in [0, 0.1) is 10.1 Å². The molecule has 0 N–H and O–H groups in total. The minimum atomic E-state index is -0.472. The first-order valence-corrected chi connectivity index (χ1v) is 8.25. The summed E-state index contributed by atoms with van der Waals surface area (Å²) in [5, 5.41) is 11.6. The zero-order chi connectivity index (χ0) is 18.1. The molecular formula is C18H16N4O4. The summed E-state index contributed by atoms with van der Waals surface area (Å²) in [6.07, 6.45) is 1.25. The van der Waals surface area contributed by atoms with Crippen LogP contribution in [0.25, 0.3) is 11.0 Å². The SMILES string of the molecule is O=C(c1cc2ccccc2o1)N1CCN(c2ccc([N+](=O)[O-])cn2)CC1. The first-order valence-electron chi connectivity index (χ1n) is 8.25. The number of anilines is 1. The van der Waals surface area contributed by atoms with Gasteiger partial charge in [0.05, 0.1) is 4.92 Å². The number of rotatable bonds is 3. The minimum absolute atomic E-state index is 0.0348. The van der Waals surface area contributed by atoms with Gasteiger partial charge in [0.1, 0.15) is 17.6 Å². The molecule has 1 fully saturated rings. The number of fused-ring (bicyclic) bond motifs is 1. The van der Waals surface area contributed by atoms with Crippen molar-refractivity contribution in [1.82, 2.24) is 9.88 Å². The second-order valence-electron chi connectivity index (χ2n) is 6.06. The van der Waals surface area contributed by atoms with E-state index in [-0.39, 0.29) is 11.6 Å². The van der Waals surface area contributed by atoms with Crippen molar-refractivity contribution in [2.45, 2.75) is 0 Å². The number of hydrogen-bond acceptors (Lipinski definition) is 6. The van der Waals surface area contributed by atoms with Crippen molar-refractivity contribution in [3.05, 3.63) is 64.5 Å². The number of furan rings is 1. The van der Waals surface area contributed by atoms with Crippen molar-refractivity contribution < 1.29 is 14.1 Å². The Morgan fingerprint density at radius 2 is 1.88 bits per heavy atom. The number of carbonyl (C=O) groups is 1. The first kappa shape index (κ1) is 16.1. The number of carbonyl (C=O) groups excluding carboxylic acids is 1. The summed E-state index contributed by atoms with van der Waals surface area (Å²) >= 11 is 0. The fourth-order valence-electron chi connectivity index (χ4n) is 3.06. The Labute approximate surface area is 148 Å². The molecule has 0 saturated carbocycles. The molecule has 0 bridgehead atoms. The Morgan fingerprint density at radius 3 is 2.54 bits per heavy atom. The van der Waals surface area contributed by atoms with Gasteiger partial charge in [0, 0.05) is 37.6 Å². The van der Waals surface area contributed by atoms with Gasteiger partial charge in [-0.1, -0.05) is 18.2 Å². The summed E-state index contributed by atoms with van der Waals surface area (Å²) in [6.45, 7) is 2.29. The van der Waals surface area contributed by atoms with Crippen molar-refractivity contribution in [3.8, 4) is 0 Å². The number of hydrogen-bond donors (Lipinski definition) is 0. The second kappa shape index (κ2) is 6.47. The molecule has 0 atom stereocenters. The molecule has 132 valence electrons. The smallest absolute Gasteiger partial charge is 0.289 e. The largest absolute Gasteiger partial charge is 0.451 e. The summed E-state index contributed by atoms with van der Waals surface area (Å²) < 4.78 is 5.65. The second-order valence-corrected chi connectivity index (χ2v) is 6.06. The van der Waals surface area contributed by atoms with Crippen LogP contribution >= 0.6 is 0 Å². The summed E-state index contributed by atoms with van der Waals surface area (Å²) in [4.78, 5) is 30.8. The van der Waals surface area contributed by atoms with Crippen LogP contribution in [0.15, 0.2) is 53.1 Å². The van der Waals surface area contributed by atoms with Gasteiger partial charge in [0.2, 0.25) is 0 Å². The first-order chi connectivity index (χ1) is 12.6. The van der Waals surface area contributed by atoms with Gasteiger partial charge in [-0.15, -0.1) is 0 Å². The molecule has 1 aromatic carbocycles. The molecule has 1 aliphatic rings. The average molecular weight is 352 g/mol. The van der Waals surface area contributed by atoms with E-state index in [1.165, 1.54) is 12.3 Å². The van der Waals surface area contributed by atoms with Crippen molar-refractivity contribution in [2.24, 2.45) is 0 Å². The molecule has 3 aromatic rings. The monoisotopic (exact) mass is 352 g/mol. The minimum Gasteiger partial charge on any atom is -0.451 e. The van der Waals surface area contributed by atoms with Gasteiger partial charge in [-0.2, -0.15) is 0 Å². The molecule has 4 rings (SSSR count). The van der Waals surface area contributed by atoms with Crippen LogP contribution in [0.3, 0.4) is 0 Å². The number of aromatic nitrogens is 1. The number of para-hydroxylation sites is 1. The molecule has 0 spiro atoms. The highest BCUT2D eigenvalue weighted by Crippen LogP contribution is 2.22. The highest BCUT2D eigenvalue weighted by atomic mass is 16.6. The lowest BCUT2D eigenvalue weighted by atomic mass is 10.2. The predicted molar refractivity (Wildman–Crippen MR) is 95.2 cm³/mol. The maximum Gasteiger partial charge on any atom is 0.289 e. The van der Waals surface area contributed by atoms with Crippen molar-refractivity contribution in [2.75, 3.05) is 31.1 Å². The van der Waals surface area contributed by atoms with Crippen LogP contribution in [-0.2, 0) is 0 Å². The molecule has 1 saturated heterocycles. The van der Waals surface area contributed by atoms with E-state index in [1.54, 1.807) is 17.0 Å². The van der Waals surface area contributed by atoms with E-state index < -0.39 is 4.92 Å². The zero-order valence-corrected chi connectivity index (χ0v) is 13.9. The van der Waals surface area contributed by atoms with Gasteiger partial charge in [-0.3, -0.25) is 14.9 Å². The molecule has 8 heteroatoms. The van der Waals surface area contributed by atoms with Crippen LogP contribution < -0.4 is 4.90 Å². The van der Waals surface area contributed by atoms with Gasteiger partial charge in [0.25, 0.3) is 11.6 Å². The number of piperazine rings is 1. The van der Waals surface area contributed by atoms with Crippen molar-refractivity contribution in [3.63, 3.8) is 0 Å². The Kier molecular flexibility index (Phi) is 4.00. The van der Waals surface area contributed by atoms with E-state index in [1.807, 2.05) is 29.2 Å². The van der Waals surface area contributed by atoms with Gasteiger partial charge in [0.15, 0.2) is 5.76 Å². The lowest BCUT2D eigenvalue weighted by Gasteiger charge is -2.34. The standard InChI is InChI=1S/C18H16N4O4/c23-18(16-11-13-3-1-2-4-15(13)26-16)21-9-7-20(8-10-21)17-6-5-14(12-19-17)22(24)25/h1-6,11-12H,7-10H2. The summed E-state index contributed by atoms with van der Waals surface area (Å²) in [7, 11) is 0. The molecule has 1 amide bonds. The normalized spacial score (nSPS) is 14.6. The number of amides is 1. The highest BCUT2D eigenvalue weighted by Gasteiger charge is 2.25. The fourth-order valence-corrected chi connectivity index (χ4v) is 3.06. The molecule has 3 heterocycles. The average Bonchev–Trinajstić information content (AvgIpc) is 3.12. The van der Waals surface area contributed by atoms with Crippen LogP contribution in [0.1, 0.15) is 10.6 Å². The van der Waals surface area contributed by atoms with E-state index >= 15 is 0 Å². The van der Waals surface area contributed by atoms with Crippen LogP contribution in [0.2, 0.25) is 0 Å². The van der Waals surface area contributed by atoms with Gasteiger partial charge < -0.3 is 14.2 Å². The third kappa shape index (κ3) is 2.97. The number of benzene rings is 1. The van der Waals surface area contributed by atoms with E-state index in [2.05, 4.69) is 4.98 Å². The molecule has 2 aromatic heterocycles. The Hall–Kier alpha value is -3.42. The maximum absolute atomic E-state index is 12.7. The van der Waals surface area contributed by atoms with Gasteiger partial charge >= 0.3 is 0 Å². The van der Waals surface area contributed by atoms with Crippen LogP contribution in [-0.4, -0.2) is 46.9 Å². The molecule has 26 heavy (non-hydrogen) atoms. The van der Waals surface area contributed by atoms with Crippen molar-refractivity contribution >= 4 is 28.4 Å². The lowest BCUT2D eigenvalue weighted by molar-refractivity contribution is -0.385. The van der Waals surface area contributed by atoms with E-state index in [9.17, 15) is 14.9 Å². The maximum atomic E-state index is 12.7. The summed E-state index contributed by atoms with van der Waals surface area (Å²) in [5.41, 5.74) is 0.664.